The molecule has 1 aromatic carbocycles. The predicted octanol–water partition coefficient (Wildman–Crippen LogP) is 1.04. The molecule has 0 aromatic heterocycles. The summed E-state index contributed by atoms with van der Waals surface area (Å²) in [5.74, 6) is 0.510. The molecule has 0 aliphatic carbocycles. The molecule has 0 radical (unpaired) electrons. The highest BCUT2D eigenvalue weighted by atomic mass is 32.2. The van der Waals surface area contributed by atoms with Crippen LogP contribution in [0.2, 0.25) is 0 Å². The van der Waals surface area contributed by atoms with E-state index < -0.39 is 9.84 Å². The van der Waals surface area contributed by atoms with Crippen molar-refractivity contribution in [1.29, 1.82) is 0 Å². The quantitative estimate of drug-likeness (QED) is 0.601. The third-order valence-corrected chi connectivity index (χ3v) is 8.63. The second-order valence-electron chi connectivity index (χ2n) is 7.92. The molecular weight excluding hydrogens is 424 g/mol. The van der Waals surface area contributed by atoms with Gasteiger partial charge in [-0.3, -0.25) is 14.6 Å². The van der Waals surface area contributed by atoms with Crippen molar-refractivity contribution in [3.05, 3.63) is 29.8 Å². The molecule has 2 N–H and O–H groups in total. The molecule has 3 aliphatic heterocycles. The number of thioether (sulfide) groups is 1. The SMILES string of the molecule is O=C(Cc1ccc(NC2=N[C@H]3CS(=O)(=O)C[C@@H]3S2)cc1)NCCCN1CCCC1=O. The van der Waals surface area contributed by atoms with Crippen LogP contribution in [0.25, 0.3) is 0 Å². The van der Waals surface area contributed by atoms with Crippen molar-refractivity contribution in [1.82, 2.24) is 10.2 Å². The van der Waals surface area contributed by atoms with Crippen LogP contribution in [0.5, 0.6) is 0 Å². The molecule has 162 valence electrons. The van der Waals surface area contributed by atoms with Crippen molar-refractivity contribution >= 4 is 44.3 Å². The number of carbonyl (C=O) groups is 2. The minimum absolute atomic E-state index is 0.0176. The highest BCUT2D eigenvalue weighted by Gasteiger charge is 2.42. The van der Waals surface area contributed by atoms with E-state index in [0.717, 1.165) is 35.8 Å². The summed E-state index contributed by atoms with van der Waals surface area (Å²) >= 11 is 1.48. The standard InChI is InChI=1S/C20H26N4O4S2/c25-18(21-8-2-10-24-9-1-3-19(24)26)11-14-4-6-15(7-5-14)22-20-23-16-12-30(27,28)13-17(16)29-20/h4-7,16-17H,1-3,8-13H2,(H,21,25)(H,22,23)/t16-,17-/m0/s1. The molecule has 0 unspecified atom stereocenters. The molecule has 30 heavy (non-hydrogen) atoms. The van der Waals surface area contributed by atoms with Crippen LogP contribution in [0, 0.1) is 0 Å². The van der Waals surface area contributed by atoms with E-state index in [2.05, 4.69) is 15.6 Å². The number of nitrogens with zero attached hydrogens (tertiary/aromatic N) is 2. The van der Waals surface area contributed by atoms with Crippen LogP contribution in [-0.2, 0) is 25.8 Å². The van der Waals surface area contributed by atoms with Gasteiger partial charge in [-0.15, -0.1) is 0 Å². The van der Waals surface area contributed by atoms with Crippen LogP contribution in [-0.4, -0.2) is 72.7 Å². The lowest BCUT2D eigenvalue weighted by Crippen LogP contribution is -2.31. The average Bonchev–Trinajstić information content (AvgIpc) is 3.33. The van der Waals surface area contributed by atoms with E-state index in [1.807, 2.05) is 29.2 Å². The number of anilines is 1. The van der Waals surface area contributed by atoms with E-state index in [4.69, 9.17) is 0 Å². The molecule has 2 fully saturated rings. The number of aliphatic imine (C=N–C) groups is 1. The Kier molecular flexibility index (Phi) is 6.33. The highest BCUT2D eigenvalue weighted by molar-refractivity contribution is 8.15. The van der Waals surface area contributed by atoms with Crippen molar-refractivity contribution in [2.45, 2.75) is 37.0 Å². The van der Waals surface area contributed by atoms with Gasteiger partial charge in [0.25, 0.3) is 0 Å². The van der Waals surface area contributed by atoms with Gasteiger partial charge in [-0.05, 0) is 30.5 Å². The fourth-order valence-electron chi connectivity index (χ4n) is 3.93. The second-order valence-corrected chi connectivity index (χ2v) is 11.3. The van der Waals surface area contributed by atoms with E-state index in [-0.39, 0.29) is 34.6 Å². The Bertz CT molecular complexity index is 946. The van der Waals surface area contributed by atoms with Gasteiger partial charge in [-0.2, -0.15) is 0 Å². The number of amides is 2. The van der Waals surface area contributed by atoms with Gasteiger partial charge in [-0.1, -0.05) is 23.9 Å². The maximum atomic E-state index is 12.1. The lowest BCUT2D eigenvalue weighted by atomic mass is 10.1. The normalized spacial score (nSPS) is 24.6. The molecule has 1 aromatic rings. The van der Waals surface area contributed by atoms with Crippen molar-refractivity contribution in [3.63, 3.8) is 0 Å². The first-order valence-corrected chi connectivity index (χ1v) is 12.9. The number of nitrogens with one attached hydrogen (secondary N) is 2. The zero-order valence-corrected chi connectivity index (χ0v) is 18.3. The fourth-order valence-corrected chi connectivity index (χ4v) is 7.61. The third-order valence-electron chi connectivity index (χ3n) is 5.49. The number of benzene rings is 1. The van der Waals surface area contributed by atoms with Crippen LogP contribution in [0.3, 0.4) is 0 Å². The number of rotatable bonds is 7. The molecule has 2 saturated heterocycles. The summed E-state index contributed by atoms with van der Waals surface area (Å²) in [6.45, 7) is 2.10. The largest absolute Gasteiger partial charge is 0.356 e. The summed E-state index contributed by atoms with van der Waals surface area (Å²) in [4.78, 5) is 30.0. The number of hydrogen-bond donors (Lipinski definition) is 2. The Morgan fingerprint density at radius 2 is 2.03 bits per heavy atom. The Morgan fingerprint density at radius 3 is 2.73 bits per heavy atom. The zero-order valence-electron chi connectivity index (χ0n) is 16.7. The van der Waals surface area contributed by atoms with E-state index in [9.17, 15) is 18.0 Å². The lowest BCUT2D eigenvalue weighted by molar-refractivity contribution is -0.127. The van der Waals surface area contributed by atoms with E-state index >= 15 is 0 Å². The number of fused-ring (bicyclic) bond motifs is 1. The number of likely N-dealkylation sites (tertiary alicyclic amines) is 1. The highest BCUT2D eigenvalue weighted by Crippen LogP contribution is 2.34. The van der Waals surface area contributed by atoms with Gasteiger partial charge in [-0.25, -0.2) is 8.42 Å². The van der Waals surface area contributed by atoms with Gasteiger partial charge in [0.15, 0.2) is 15.0 Å². The van der Waals surface area contributed by atoms with Gasteiger partial charge >= 0.3 is 0 Å². The second kappa shape index (κ2) is 8.97. The number of hydrogen-bond acceptors (Lipinski definition) is 7. The monoisotopic (exact) mass is 450 g/mol. The summed E-state index contributed by atoms with van der Waals surface area (Å²) in [5.41, 5.74) is 1.78. The van der Waals surface area contributed by atoms with Gasteiger partial charge < -0.3 is 15.5 Å². The van der Waals surface area contributed by atoms with Crippen LogP contribution in [0.15, 0.2) is 29.3 Å². The molecule has 8 nitrogen and oxygen atoms in total. The Morgan fingerprint density at radius 1 is 1.23 bits per heavy atom. The number of sulfone groups is 1. The maximum Gasteiger partial charge on any atom is 0.224 e. The average molecular weight is 451 g/mol. The summed E-state index contributed by atoms with van der Waals surface area (Å²) in [6, 6.07) is 7.45. The van der Waals surface area contributed by atoms with E-state index in [0.29, 0.717) is 25.9 Å². The van der Waals surface area contributed by atoms with E-state index in [1.165, 1.54) is 11.8 Å². The number of amidine groups is 1. The molecule has 3 heterocycles. The first-order chi connectivity index (χ1) is 14.4. The molecular formula is C20H26N4O4S2. The molecule has 0 saturated carbocycles. The summed E-state index contributed by atoms with van der Waals surface area (Å²) in [7, 11) is -2.95. The smallest absolute Gasteiger partial charge is 0.224 e. The van der Waals surface area contributed by atoms with Crippen LogP contribution >= 0.6 is 11.8 Å². The van der Waals surface area contributed by atoms with Crippen molar-refractivity contribution in [2.75, 3.05) is 36.5 Å². The minimum Gasteiger partial charge on any atom is -0.356 e. The molecule has 0 bridgehead atoms. The first kappa shape index (κ1) is 21.2. The lowest BCUT2D eigenvalue weighted by Gasteiger charge is -2.15. The Labute approximate surface area is 180 Å². The molecule has 3 aliphatic rings. The van der Waals surface area contributed by atoms with Gasteiger partial charge in [0.05, 0.1) is 24.0 Å². The number of carbonyl (C=O) groups excluding carboxylic acids is 2. The fraction of sp³-hybridized carbons (Fsp3) is 0.550. The van der Waals surface area contributed by atoms with Gasteiger partial charge in [0, 0.05) is 37.0 Å². The van der Waals surface area contributed by atoms with Crippen molar-refractivity contribution in [3.8, 4) is 0 Å². The van der Waals surface area contributed by atoms with Crippen LogP contribution < -0.4 is 10.6 Å². The van der Waals surface area contributed by atoms with Crippen LogP contribution in [0.1, 0.15) is 24.8 Å². The molecule has 4 rings (SSSR count). The molecule has 2 amide bonds. The third kappa shape index (κ3) is 5.34. The van der Waals surface area contributed by atoms with Crippen molar-refractivity contribution in [2.24, 2.45) is 4.99 Å². The molecule has 10 heteroatoms. The maximum absolute atomic E-state index is 12.1. The van der Waals surface area contributed by atoms with Crippen molar-refractivity contribution < 1.29 is 18.0 Å². The van der Waals surface area contributed by atoms with E-state index in [1.54, 1.807) is 0 Å². The summed E-state index contributed by atoms with van der Waals surface area (Å²) in [5, 5.41) is 6.91. The Hall–Kier alpha value is -2.07. The molecule has 0 spiro atoms. The Balaban J connectivity index is 1.18. The first-order valence-electron chi connectivity index (χ1n) is 10.2. The van der Waals surface area contributed by atoms with Gasteiger partial charge in [0.1, 0.15) is 0 Å². The van der Waals surface area contributed by atoms with Gasteiger partial charge in [0.2, 0.25) is 11.8 Å². The van der Waals surface area contributed by atoms with Crippen LogP contribution in [0.4, 0.5) is 5.69 Å². The molecule has 2 atom stereocenters. The minimum atomic E-state index is -2.95. The topological polar surface area (TPSA) is 108 Å². The summed E-state index contributed by atoms with van der Waals surface area (Å²) < 4.78 is 23.3. The zero-order chi connectivity index (χ0) is 21.1. The summed E-state index contributed by atoms with van der Waals surface area (Å²) in [6.07, 6.45) is 2.65. The predicted molar refractivity (Wildman–Crippen MR) is 118 cm³/mol.